The van der Waals surface area contributed by atoms with E-state index in [4.69, 9.17) is 9.47 Å². The van der Waals surface area contributed by atoms with Gasteiger partial charge in [-0.15, -0.1) is 0 Å². The molecule has 0 aliphatic carbocycles. The van der Waals surface area contributed by atoms with E-state index in [1.807, 2.05) is 19.1 Å². The van der Waals surface area contributed by atoms with Gasteiger partial charge >= 0.3 is 0 Å². The number of carbonyl (C=O) groups excluding carboxylic acids is 2. The number of aliphatic hydroxyl groups excluding tert-OH is 1. The Morgan fingerprint density at radius 1 is 1.12 bits per heavy atom. The molecule has 0 bridgehead atoms. The number of nitrogens with zero attached hydrogens (tertiary/aromatic N) is 3. The van der Waals surface area contributed by atoms with Crippen molar-refractivity contribution in [3.8, 4) is 5.75 Å². The number of aromatic nitrogens is 1. The monoisotopic (exact) mass is 463 g/mol. The fraction of sp³-hybridized carbons (Fsp3) is 0.423. The Hall–Kier alpha value is -3.23. The number of carbonyl (C=O) groups is 2. The van der Waals surface area contributed by atoms with Crippen LogP contribution in [0.1, 0.15) is 36.1 Å². The van der Waals surface area contributed by atoms with Gasteiger partial charge in [-0.05, 0) is 54.8 Å². The average Bonchev–Trinajstić information content (AvgIpc) is 3.35. The molecule has 3 aliphatic rings. The minimum absolute atomic E-state index is 0.0706. The highest BCUT2D eigenvalue weighted by Gasteiger charge is 2.45. The number of ketones is 1. The van der Waals surface area contributed by atoms with Gasteiger partial charge in [0.25, 0.3) is 11.7 Å². The molecule has 4 heterocycles. The Bertz CT molecular complexity index is 1110. The van der Waals surface area contributed by atoms with Gasteiger partial charge in [0, 0.05) is 50.6 Å². The van der Waals surface area contributed by atoms with Gasteiger partial charge in [0.05, 0.1) is 24.8 Å². The molecule has 2 aromatic rings. The Balaban J connectivity index is 1.46. The van der Waals surface area contributed by atoms with Crippen molar-refractivity contribution in [1.82, 2.24) is 14.8 Å². The zero-order valence-corrected chi connectivity index (χ0v) is 19.3. The highest BCUT2D eigenvalue weighted by Crippen LogP contribution is 2.40. The van der Waals surface area contributed by atoms with Gasteiger partial charge in [0.1, 0.15) is 17.6 Å². The van der Waals surface area contributed by atoms with Crippen LogP contribution < -0.4 is 4.74 Å². The predicted octanol–water partition coefficient (Wildman–Crippen LogP) is 2.55. The third-order valence-corrected chi connectivity index (χ3v) is 6.71. The van der Waals surface area contributed by atoms with Crippen molar-refractivity contribution in [2.45, 2.75) is 31.9 Å². The molecule has 0 spiro atoms. The maximum atomic E-state index is 13.2. The SMILES string of the molecule is CC1Cc2cc(C(O)=C3C(=O)C(=O)N(CCCN4CCOCC4)C3c3ccncc3)ccc2O1. The summed E-state index contributed by atoms with van der Waals surface area (Å²) >= 11 is 0. The summed E-state index contributed by atoms with van der Waals surface area (Å²) in [5.41, 5.74) is 2.37. The fourth-order valence-corrected chi connectivity index (χ4v) is 5.02. The van der Waals surface area contributed by atoms with Crippen molar-refractivity contribution in [2.75, 3.05) is 39.4 Å². The van der Waals surface area contributed by atoms with Crippen LogP contribution in [0.2, 0.25) is 0 Å². The Morgan fingerprint density at radius 3 is 2.65 bits per heavy atom. The third-order valence-electron chi connectivity index (χ3n) is 6.71. The van der Waals surface area contributed by atoms with Gasteiger partial charge < -0.3 is 19.5 Å². The molecular weight excluding hydrogens is 434 g/mol. The molecule has 178 valence electrons. The molecule has 1 aromatic heterocycles. The highest BCUT2D eigenvalue weighted by atomic mass is 16.5. The molecule has 1 N–H and O–H groups in total. The number of rotatable bonds is 6. The first-order valence-corrected chi connectivity index (χ1v) is 11.8. The molecule has 0 radical (unpaired) electrons. The van der Waals surface area contributed by atoms with Gasteiger partial charge in [0.15, 0.2) is 0 Å². The molecule has 1 amide bonds. The van der Waals surface area contributed by atoms with Crippen LogP contribution in [0.3, 0.4) is 0 Å². The molecule has 34 heavy (non-hydrogen) atoms. The molecular formula is C26H29N3O5. The number of pyridine rings is 1. The molecule has 8 heteroatoms. The summed E-state index contributed by atoms with van der Waals surface area (Å²) in [6.45, 7) is 6.39. The zero-order valence-electron chi connectivity index (χ0n) is 19.3. The van der Waals surface area contributed by atoms with Crippen molar-refractivity contribution in [2.24, 2.45) is 0 Å². The third kappa shape index (κ3) is 4.31. The van der Waals surface area contributed by atoms with Crippen molar-refractivity contribution in [3.63, 3.8) is 0 Å². The molecule has 8 nitrogen and oxygen atoms in total. The number of aliphatic hydroxyl groups is 1. The molecule has 2 fully saturated rings. The molecule has 2 atom stereocenters. The first kappa shape index (κ1) is 22.6. The summed E-state index contributed by atoms with van der Waals surface area (Å²) in [5, 5.41) is 11.3. The minimum Gasteiger partial charge on any atom is -0.507 e. The number of amides is 1. The van der Waals surface area contributed by atoms with Crippen LogP contribution in [0.25, 0.3) is 5.76 Å². The van der Waals surface area contributed by atoms with E-state index in [1.165, 1.54) is 0 Å². The highest BCUT2D eigenvalue weighted by molar-refractivity contribution is 6.46. The second kappa shape index (κ2) is 9.56. The lowest BCUT2D eigenvalue weighted by atomic mass is 9.95. The molecule has 2 unspecified atom stereocenters. The minimum atomic E-state index is -0.657. The topological polar surface area (TPSA) is 92.2 Å². The lowest BCUT2D eigenvalue weighted by molar-refractivity contribution is -0.140. The maximum absolute atomic E-state index is 13.2. The Labute approximate surface area is 198 Å². The van der Waals surface area contributed by atoms with E-state index >= 15 is 0 Å². The number of fused-ring (bicyclic) bond motifs is 1. The maximum Gasteiger partial charge on any atom is 0.295 e. The van der Waals surface area contributed by atoms with E-state index in [2.05, 4.69) is 9.88 Å². The van der Waals surface area contributed by atoms with Crippen LogP contribution in [0.5, 0.6) is 5.75 Å². The van der Waals surface area contributed by atoms with Crippen molar-refractivity contribution >= 4 is 17.4 Å². The normalized spacial score (nSPS) is 24.3. The standard InChI is InChI=1S/C26H29N3O5/c1-17-15-20-16-19(3-4-21(20)34-17)24(30)22-23(18-5-7-27-8-6-18)29(26(32)25(22)31)10-2-9-28-11-13-33-14-12-28/h3-8,16-17,23,30H,2,9-15H2,1H3. The summed E-state index contributed by atoms with van der Waals surface area (Å²) in [7, 11) is 0. The summed E-state index contributed by atoms with van der Waals surface area (Å²) in [4.78, 5) is 34.3. The second-order valence-electron chi connectivity index (χ2n) is 9.04. The van der Waals surface area contributed by atoms with Crippen LogP contribution in [-0.2, 0) is 20.7 Å². The van der Waals surface area contributed by atoms with E-state index in [-0.39, 0.29) is 17.4 Å². The number of hydrogen-bond acceptors (Lipinski definition) is 7. The Kier molecular flexibility index (Phi) is 6.34. The van der Waals surface area contributed by atoms with Crippen molar-refractivity contribution in [1.29, 1.82) is 0 Å². The van der Waals surface area contributed by atoms with Gasteiger partial charge in [-0.25, -0.2) is 0 Å². The summed E-state index contributed by atoms with van der Waals surface area (Å²) in [6, 6.07) is 8.32. The van der Waals surface area contributed by atoms with Gasteiger partial charge in [-0.3, -0.25) is 19.5 Å². The predicted molar refractivity (Wildman–Crippen MR) is 125 cm³/mol. The van der Waals surface area contributed by atoms with E-state index in [9.17, 15) is 14.7 Å². The second-order valence-corrected chi connectivity index (χ2v) is 9.04. The number of morpholine rings is 1. The number of Topliss-reactive ketones (excluding diaryl/α,β-unsaturated/α-hetero) is 1. The first-order valence-electron chi connectivity index (χ1n) is 11.8. The quantitative estimate of drug-likeness (QED) is 0.400. The lowest BCUT2D eigenvalue weighted by Crippen LogP contribution is -2.38. The summed E-state index contributed by atoms with van der Waals surface area (Å²) < 4.78 is 11.2. The number of ether oxygens (including phenoxy) is 2. The Morgan fingerprint density at radius 2 is 1.88 bits per heavy atom. The van der Waals surface area contributed by atoms with Crippen LogP contribution >= 0.6 is 0 Å². The van der Waals surface area contributed by atoms with E-state index in [0.717, 1.165) is 49.4 Å². The molecule has 0 saturated carbocycles. The van der Waals surface area contributed by atoms with Crippen LogP contribution in [-0.4, -0.2) is 77.1 Å². The number of likely N-dealkylation sites (tertiary alicyclic amines) is 1. The largest absolute Gasteiger partial charge is 0.507 e. The van der Waals surface area contributed by atoms with E-state index < -0.39 is 17.7 Å². The van der Waals surface area contributed by atoms with Gasteiger partial charge in [-0.2, -0.15) is 0 Å². The number of hydrogen-bond donors (Lipinski definition) is 1. The number of benzene rings is 1. The molecule has 3 aliphatic heterocycles. The van der Waals surface area contributed by atoms with Gasteiger partial charge in [0.2, 0.25) is 0 Å². The summed E-state index contributed by atoms with van der Waals surface area (Å²) in [6.07, 6.45) is 4.80. The van der Waals surface area contributed by atoms with Crippen molar-refractivity contribution < 1.29 is 24.2 Å². The first-order chi connectivity index (χ1) is 16.5. The average molecular weight is 464 g/mol. The molecule has 5 rings (SSSR count). The summed E-state index contributed by atoms with van der Waals surface area (Å²) in [5.74, 6) is -0.601. The lowest BCUT2D eigenvalue weighted by Gasteiger charge is -2.29. The van der Waals surface area contributed by atoms with Crippen LogP contribution in [0.4, 0.5) is 0 Å². The molecule has 2 saturated heterocycles. The fourth-order valence-electron chi connectivity index (χ4n) is 5.02. The van der Waals surface area contributed by atoms with Crippen LogP contribution in [0, 0.1) is 0 Å². The zero-order chi connectivity index (χ0) is 23.7. The van der Waals surface area contributed by atoms with Gasteiger partial charge in [-0.1, -0.05) is 0 Å². The van der Waals surface area contributed by atoms with E-state index in [0.29, 0.717) is 25.3 Å². The smallest absolute Gasteiger partial charge is 0.295 e. The van der Waals surface area contributed by atoms with E-state index in [1.54, 1.807) is 35.5 Å². The van der Waals surface area contributed by atoms with Crippen molar-refractivity contribution in [3.05, 3.63) is 65.0 Å². The van der Waals surface area contributed by atoms with Crippen LogP contribution in [0.15, 0.2) is 48.3 Å². The molecule has 1 aromatic carbocycles.